The van der Waals surface area contributed by atoms with Gasteiger partial charge in [0.1, 0.15) is 22.7 Å². The van der Waals surface area contributed by atoms with Gasteiger partial charge in [-0.2, -0.15) is 0 Å². The molecule has 2 fully saturated rings. The highest BCUT2D eigenvalue weighted by Gasteiger charge is 2.53. The van der Waals surface area contributed by atoms with Crippen LogP contribution in [-0.4, -0.2) is 53.3 Å². The van der Waals surface area contributed by atoms with E-state index in [1.165, 1.54) is 18.1 Å². The predicted molar refractivity (Wildman–Crippen MR) is 121 cm³/mol. The molecule has 2 aromatic heterocycles. The number of methoxy groups -OCH3 is 1. The van der Waals surface area contributed by atoms with Crippen molar-refractivity contribution >= 4 is 34.9 Å². The minimum atomic E-state index is -1.66. The van der Waals surface area contributed by atoms with Crippen molar-refractivity contribution in [2.45, 2.75) is 31.0 Å². The Labute approximate surface area is 198 Å². The number of furan rings is 1. The summed E-state index contributed by atoms with van der Waals surface area (Å²) >= 11 is 0. The topological polar surface area (TPSA) is 143 Å². The molecule has 1 saturated carbocycles. The molecule has 0 radical (unpaired) electrons. The quantitative estimate of drug-likeness (QED) is 0.458. The van der Waals surface area contributed by atoms with Gasteiger partial charge in [-0.15, -0.1) is 0 Å². The van der Waals surface area contributed by atoms with E-state index >= 15 is 0 Å². The lowest BCUT2D eigenvalue weighted by atomic mass is 9.95. The number of pyridine rings is 1. The molecule has 1 saturated heterocycles. The second-order valence-electron chi connectivity index (χ2n) is 8.94. The van der Waals surface area contributed by atoms with Crippen molar-refractivity contribution in [1.82, 2.24) is 25.8 Å². The second-order valence-corrected chi connectivity index (χ2v) is 8.94. The average Bonchev–Trinajstić information content (AvgIpc) is 3.35. The molecule has 3 N–H and O–H groups in total. The first-order valence-electron chi connectivity index (χ1n) is 11.2. The maximum atomic E-state index is 13.1. The summed E-state index contributed by atoms with van der Waals surface area (Å²) < 4.78 is 11.2. The summed E-state index contributed by atoms with van der Waals surface area (Å²) in [7, 11) is 1.52. The highest BCUT2D eigenvalue weighted by Crippen LogP contribution is 2.34. The van der Waals surface area contributed by atoms with E-state index in [0.717, 1.165) is 18.4 Å². The molecule has 0 spiro atoms. The van der Waals surface area contributed by atoms with Crippen LogP contribution in [0.2, 0.25) is 0 Å². The normalized spacial score (nSPS) is 21.2. The number of carbonyl (C=O) groups is 4. The monoisotopic (exact) mass is 475 g/mol. The number of rotatable bonds is 6. The van der Waals surface area contributed by atoms with Crippen LogP contribution >= 0.6 is 0 Å². The molecule has 4 heterocycles. The van der Waals surface area contributed by atoms with Crippen LogP contribution in [0.15, 0.2) is 40.8 Å². The molecular weight excluding hydrogens is 454 g/mol. The molecule has 35 heavy (non-hydrogen) atoms. The van der Waals surface area contributed by atoms with Crippen molar-refractivity contribution in [3.05, 3.63) is 59.0 Å². The molecule has 3 aromatic rings. The highest BCUT2D eigenvalue weighted by molar-refractivity contribution is 6.08. The van der Waals surface area contributed by atoms with Crippen molar-refractivity contribution < 1.29 is 28.3 Å². The second kappa shape index (κ2) is 7.55. The third-order valence-electron chi connectivity index (χ3n) is 6.50. The summed E-state index contributed by atoms with van der Waals surface area (Å²) in [5, 5.41) is 7.77. The molecule has 3 aliphatic rings. The van der Waals surface area contributed by atoms with Gasteiger partial charge in [-0.1, -0.05) is 6.07 Å². The molecule has 178 valence electrons. The number of hydrogen-bond donors (Lipinski definition) is 3. The largest absolute Gasteiger partial charge is 0.497 e. The Hall–Kier alpha value is -4.41. The zero-order chi connectivity index (χ0) is 24.3. The lowest BCUT2D eigenvalue weighted by Crippen LogP contribution is -2.52. The summed E-state index contributed by atoms with van der Waals surface area (Å²) in [5.74, 6) is -0.556. The lowest BCUT2D eigenvalue weighted by Gasteiger charge is -2.28. The molecular formula is C24H21N5O6. The van der Waals surface area contributed by atoms with Crippen LogP contribution in [0.4, 0.5) is 4.79 Å². The SMILES string of the molecule is COc1ccc2c(c1)C(=O)N(C[C@@]1(c3cc4nc(C(=O)NC5CC5)ccc4o3)NC(=O)NC1=O)C2. The molecule has 2 aliphatic heterocycles. The standard InChI is InChI=1S/C24H21N5O6/c1-34-14-5-2-12-10-29(21(31)15(12)8-14)11-24(22(32)27-23(33)28-24)19-9-17-18(35-19)7-6-16(26-17)20(30)25-13-3-4-13/h2,5-9,13H,3-4,10-11H2,1H3,(H,25,30)(H2,27,28,32,33)/t24-/m0/s1. The molecule has 1 aliphatic carbocycles. The zero-order valence-corrected chi connectivity index (χ0v) is 18.7. The Balaban J connectivity index is 1.34. The first-order valence-corrected chi connectivity index (χ1v) is 11.2. The molecule has 0 unspecified atom stereocenters. The Morgan fingerprint density at radius 2 is 2.06 bits per heavy atom. The minimum Gasteiger partial charge on any atom is -0.497 e. The third kappa shape index (κ3) is 3.47. The van der Waals surface area contributed by atoms with Crippen LogP contribution in [-0.2, 0) is 16.9 Å². The van der Waals surface area contributed by atoms with Gasteiger partial charge in [0.05, 0.1) is 13.7 Å². The lowest BCUT2D eigenvalue weighted by molar-refractivity contribution is -0.125. The number of hydrogen-bond acceptors (Lipinski definition) is 7. The van der Waals surface area contributed by atoms with Gasteiger partial charge in [-0.05, 0) is 42.7 Å². The summed E-state index contributed by atoms with van der Waals surface area (Å²) in [6, 6.07) is 9.35. The maximum absolute atomic E-state index is 13.1. The number of ether oxygens (including phenoxy) is 1. The van der Waals surface area contributed by atoms with Crippen molar-refractivity contribution in [3.8, 4) is 5.75 Å². The van der Waals surface area contributed by atoms with Crippen LogP contribution in [0, 0.1) is 0 Å². The van der Waals surface area contributed by atoms with E-state index in [1.807, 2.05) is 0 Å². The number of benzene rings is 1. The summed E-state index contributed by atoms with van der Waals surface area (Å²) in [6.07, 6.45) is 1.90. The van der Waals surface area contributed by atoms with Crippen LogP contribution in [0.3, 0.4) is 0 Å². The van der Waals surface area contributed by atoms with Gasteiger partial charge in [-0.25, -0.2) is 9.78 Å². The number of imide groups is 1. The Morgan fingerprint density at radius 1 is 1.23 bits per heavy atom. The molecule has 11 nitrogen and oxygen atoms in total. The van der Waals surface area contributed by atoms with Crippen LogP contribution in [0.25, 0.3) is 11.1 Å². The molecule has 6 rings (SSSR count). The van der Waals surface area contributed by atoms with Gasteiger partial charge in [0, 0.05) is 24.2 Å². The molecule has 11 heteroatoms. The summed E-state index contributed by atoms with van der Waals surface area (Å²) in [6.45, 7) is 0.0995. The van der Waals surface area contributed by atoms with Gasteiger partial charge in [-0.3, -0.25) is 19.7 Å². The Bertz CT molecular complexity index is 1430. The van der Waals surface area contributed by atoms with E-state index in [4.69, 9.17) is 9.15 Å². The van der Waals surface area contributed by atoms with Crippen molar-refractivity contribution in [2.24, 2.45) is 0 Å². The van der Waals surface area contributed by atoms with Crippen molar-refractivity contribution in [1.29, 1.82) is 0 Å². The van der Waals surface area contributed by atoms with Crippen molar-refractivity contribution in [2.75, 3.05) is 13.7 Å². The molecule has 5 amide bonds. The van der Waals surface area contributed by atoms with Gasteiger partial charge >= 0.3 is 6.03 Å². The number of aromatic nitrogens is 1. The maximum Gasteiger partial charge on any atom is 0.322 e. The van der Waals surface area contributed by atoms with Gasteiger partial charge in [0.2, 0.25) is 0 Å². The molecule has 1 aromatic carbocycles. The first-order chi connectivity index (χ1) is 16.9. The molecule has 1 atom stereocenters. The van der Waals surface area contributed by atoms with E-state index in [0.29, 0.717) is 22.4 Å². The van der Waals surface area contributed by atoms with Gasteiger partial charge in [0.15, 0.2) is 11.1 Å². The highest BCUT2D eigenvalue weighted by atomic mass is 16.5. The van der Waals surface area contributed by atoms with E-state index in [2.05, 4.69) is 20.9 Å². The summed E-state index contributed by atoms with van der Waals surface area (Å²) in [4.78, 5) is 56.6. The van der Waals surface area contributed by atoms with E-state index < -0.39 is 17.5 Å². The van der Waals surface area contributed by atoms with E-state index in [1.54, 1.807) is 30.3 Å². The third-order valence-corrected chi connectivity index (χ3v) is 6.50. The smallest absolute Gasteiger partial charge is 0.322 e. The zero-order valence-electron chi connectivity index (χ0n) is 18.7. The summed E-state index contributed by atoms with van der Waals surface area (Å²) in [5.41, 5.74) is 0.533. The number of fused-ring (bicyclic) bond motifs is 2. The fourth-order valence-corrected chi connectivity index (χ4v) is 4.48. The number of nitrogens with one attached hydrogen (secondary N) is 3. The van der Waals surface area contributed by atoms with Crippen molar-refractivity contribution in [3.63, 3.8) is 0 Å². The average molecular weight is 475 g/mol. The minimum absolute atomic E-state index is 0.115. The Kier molecular flexibility index (Phi) is 4.56. The number of nitrogens with zero attached hydrogens (tertiary/aromatic N) is 2. The van der Waals surface area contributed by atoms with E-state index in [9.17, 15) is 19.2 Å². The number of urea groups is 1. The first kappa shape index (κ1) is 21.1. The Morgan fingerprint density at radius 3 is 2.77 bits per heavy atom. The number of amides is 5. The fourth-order valence-electron chi connectivity index (χ4n) is 4.48. The van der Waals surface area contributed by atoms with Crippen LogP contribution in [0.5, 0.6) is 5.75 Å². The molecule has 0 bridgehead atoms. The van der Waals surface area contributed by atoms with Gasteiger partial charge in [0.25, 0.3) is 17.7 Å². The van der Waals surface area contributed by atoms with Gasteiger partial charge < -0.3 is 24.7 Å². The predicted octanol–water partition coefficient (Wildman–Crippen LogP) is 1.42. The fraction of sp³-hybridized carbons (Fsp3) is 0.292. The van der Waals surface area contributed by atoms with E-state index in [-0.39, 0.29) is 42.4 Å². The number of carbonyl (C=O) groups excluding carboxylic acids is 4. The van der Waals surface area contributed by atoms with Crippen LogP contribution in [0.1, 0.15) is 45.0 Å². The van der Waals surface area contributed by atoms with Crippen LogP contribution < -0.4 is 20.7 Å².